The third kappa shape index (κ3) is 7.96. The average Bonchev–Trinajstić information content (AvgIpc) is 3.64. The summed E-state index contributed by atoms with van der Waals surface area (Å²) < 4.78 is 5.53. The van der Waals surface area contributed by atoms with Crippen LogP contribution in [0.15, 0.2) is 143 Å². The molecule has 8 nitrogen and oxygen atoms in total. The molecule has 266 valence electrons. The van der Waals surface area contributed by atoms with Crippen molar-refractivity contribution < 1.29 is 36.2 Å². The molecule has 1 saturated heterocycles. The van der Waals surface area contributed by atoms with Gasteiger partial charge in [0.15, 0.2) is 0 Å². The first kappa shape index (κ1) is 36.6. The second-order valence-corrected chi connectivity index (χ2v) is 13.0. The Balaban J connectivity index is 0.00000464. The van der Waals surface area contributed by atoms with Gasteiger partial charge in [-0.2, -0.15) is 0 Å². The van der Waals surface area contributed by atoms with Crippen LogP contribution >= 0.6 is 0 Å². The molecule has 9 heteroatoms. The number of hydrogen-bond donors (Lipinski definition) is 0. The van der Waals surface area contributed by atoms with Gasteiger partial charge in [0.05, 0.1) is 30.5 Å². The van der Waals surface area contributed by atoms with E-state index in [1.165, 1.54) is 0 Å². The maximum Gasteiger partial charge on any atom is 2.00 e. The quantitative estimate of drug-likeness (QED) is 0.101. The van der Waals surface area contributed by atoms with Crippen LogP contribution in [-0.4, -0.2) is 54.8 Å². The van der Waals surface area contributed by atoms with Gasteiger partial charge in [-0.15, -0.1) is 0 Å². The number of aliphatic carboxylic acids is 1. The zero-order valence-electron chi connectivity index (χ0n) is 28.9. The van der Waals surface area contributed by atoms with E-state index in [-0.39, 0.29) is 28.4 Å². The van der Waals surface area contributed by atoms with Gasteiger partial charge in [0.25, 0.3) is 0 Å². The number of ether oxygens (including phenoxy) is 1. The van der Waals surface area contributed by atoms with Crippen LogP contribution in [0.4, 0.5) is 11.4 Å². The van der Waals surface area contributed by atoms with Crippen molar-refractivity contribution in [3.05, 3.63) is 161 Å². The molecule has 1 fully saturated rings. The van der Waals surface area contributed by atoms with Crippen molar-refractivity contribution in [2.45, 2.75) is 43.9 Å². The van der Waals surface area contributed by atoms with Crippen LogP contribution in [0.3, 0.4) is 0 Å². The number of aliphatic imine (C=N–C) groups is 2. The van der Waals surface area contributed by atoms with Crippen LogP contribution in [0.5, 0.6) is 5.75 Å². The normalized spacial score (nSPS) is 18.3. The maximum absolute atomic E-state index is 13.9. The Labute approximate surface area is 315 Å². The predicted octanol–water partition coefficient (Wildman–Crippen LogP) is 5.51. The molecule has 0 saturated carbocycles. The molecule has 2 heterocycles. The molecular formula is C43H40N4NiO4. The number of methoxy groups -OCH3 is 1. The first-order valence-corrected chi connectivity index (χ1v) is 17.5. The summed E-state index contributed by atoms with van der Waals surface area (Å²) in [5.74, 6) is -0.843. The van der Waals surface area contributed by atoms with Gasteiger partial charge in [0.1, 0.15) is 11.8 Å². The molecule has 2 aliphatic rings. The number of rotatable bonds is 11. The number of likely N-dealkylation sites (tertiary alicyclic amines) is 1. The van der Waals surface area contributed by atoms with Crippen molar-refractivity contribution in [2.24, 2.45) is 9.98 Å². The van der Waals surface area contributed by atoms with E-state index in [4.69, 9.17) is 14.7 Å². The number of fused-ring (bicyclic) bond motifs is 1. The smallest absolute Gasteiger partial charge is 0.861 e. The van der Waals surface area contributed by atoms with Gasteiger partial charge in [0, 0.05) is 42.0 Å². The van der Waals surface area contributed by atoms with E-state index in [1.54, 1.807) is 13.2 Å². The minimum absolute atomic E-state index is 0. The Bertz CT molecular complexity index is 2040. The summed E-state index contributed by atoms with van der Waals surface area (Å²) in [6, 6.07) is 40.2. The van der Waals surface area contributed by atoms with Crippen LogP contribution < -0.4 is 19.8 Å². The number of nitrogens with zero attached hydrogens (tertiary/aromatic N) is 4. The van der Waals surface area contributed by atoms with E-state index < -0.39 is 18.1 Å². The molecule has 52 heavy (non-hydrogen) atoms. The fourth-order valence-electron chi connectivity index (χ4n) is 7.38. The zero-order valence-corrected chi connectivity index (χ0v) is 29.9. The number of carboxylic acids is 1. The number of carboxylic acid groups (broad SMARTS) is 1. The van der Waals surface area contributed by atoms with Crippen molar-refractivity contribution in [1.82, 2.24) is 4.90 Å². The first-order chi connectivity index (χ1) is 25.0. The summed E-state index contributed by atoms with van der Waals surface area (Å²) in [7, 11) is 1.61. The van der Waals surface area contributed by atoms with Crippen LogP contribution in [0.25, 0.3) is 0 Å². The molecule has 7 rings (SSSR count). The fraction of sp³-hybridized carbons (Fsp3) is 0.233. The molecule has 5 aromatic carbocycles. The van der Waals surface area contributed by atoms with E-state index in [0.29, 0.717) is 41.4 Å². The molecule has 0 spiro atoms. The Morgan fingerprint density at radius 2 is 1.56 bits per heavy atom. The number of para-hydroxylation sites is 1. The summed E-state index contributed by atoms with van der Waals surface area (Å²) in [6.45, 7) is 2.07. The zero-order chi connectivity index (χ0) is 35.2. The van der Waals surface area contributed by atoms with E-state index in [1.807, 2.05) is 115 Å². The maximum atomic E-state index is 13.9. The standard InChI is InChI=1S/C43H42N4O4.Ni/c1-51-34-20-12-19-33(28-34)47-27-25-31-16-8-9-21-35(31)41(47)40(43(49)50)45-39(32-17-6-3-7-18-32)36-22-10-11-23-37(36)44-42(48)38-24-13-26-46(38)29-30-14-4-2-5-15-30;/h2-12,14-23,28,38,40-41H,13,24-27,29H2,1H3,(H,44,48)(H,49,50);/q;+2/p-2/t38-,40-,41-;/m0./s1. The van der Waals surface area contributed by atoms with Crippen molar-refractivity contribution in [3.63, 3.8) is 0 Å². The molecule has 0 unspecified atom stereocenters. The van der Waals surface area contributed by atoms with Gasteiger partial charge in [-0.1, -0.05) is 109 Å². The van der Waals surface area contributed by atoms with Gasteiger partial charge < -0.3 is 24.6 Å². The molecule has 5 aromatic rings. The van der Waals surface area contributed by atoms with Gasteiger partial charge in [0.2, 0.25) is 0 Å². The molecule has 0 N–H and O–H groups in total. The summed E-state index contributed by atoms with van der Waals surface area (Å²) >= 11 is 0. The molecule has 0 aromatic heterocycles. The second-order valence-electron chi connectivity index (χ2n) is 13.0. The van der Waals surface area contributed by atoms with E-state index in [0.717, 1.165) is 48.2 Å². The number of hydrogen-bond acceptors (Lipinski definition) is 8. The van der Waals surface area contributed by atoms with Crippen LogP contribution in [0.2, 0.25) is 0 Å². The Morgan fingerprint density at radius 1 is 0.846 bits per heavy atom. The molecule has 0 aliphatic carbocycles. The van der Waals surface area contributed by atoms with Crippen LogP contribution in [0, 0.1) is 0 Å². The molecular weight excluding hydrogens is 695 g/mol. The van der Waals surface area contributed by atoms with Gasteiger partial charge >= 0.3 is 16.5 Å². The molecule has 3 atom stereocenters. The molecule has 0 radical (unpaired) electrons. The summed E-state index contributed by atoms with van der Waals surface area (Å²) in [5.41, 5.74) is 6.09. The van der Waals surface area contributed by atoms with Crippen molar-refractivity contribution in [2.75, 3.05) is 25.1 Å². The van der Waals surface area contributed by atoms with Gasteiger partial charge in [-0.25, -0.2) is 0 Å². The van der Waals surface area contributed by atoms with E-state index in [2.05, 4.69) is 21.9 Å². The van der Waals surface area contributed by atoms with Crippen LogP contribution in [0.1, 0.15) is 46.7 Å². The summed E-state index contributed by atoms with van der Waals surface area (Å²) in [6.07, 6.45) is 2.38. The number of carbonyl (C=O) groups excluding carboxylic acids is 1. The third-order valence-electron chi connectivity index (χ3n) is 9.84. The topological polar surface area (TPSA) is 104 Å². The summed E-state index contributed by atoms with van der Waals surface area (Å²) in [4.78, 5) is 27.5. The fourth-order valence-corrected chi connectivity index (χ4v) is 7.38. The average molecular weight is 736 g/mol. The monoisotopic (exact) mass is 734 g/mol. The van der Waals surface area contributed by atoms with Gasteiger partial charge in [-0.3, -0.25) is 14.9 Å². The molecule has 0 bridgehead atoms. The minimum Gasteiger partial charge on any atom is -0.861 e. The van der Waals surface area contributed by atoms with E-state index >= 15 is 0 Å². The largest absolute Gasteiger partial charge is 2.00 e. The Hall–Kier alpha value is -5.24. The SMILES string of the molecule is COc1cccc(N2CCc3ccccc3[C@H]2[C@H](N=C(c2ccccc2)c2ccccc2N=C([O-])[C@@H]2CCCN2Cc2ccccc2)C(=O)[O-])c1.[Ni+2]. The van der Waals surface area contributed by atoms with Crippen molar-refractivity contribution in [1.29, 1.82) is 0 Å². The first-order valence-electron chi connectivity index (χ1n) is 17.5. The van der Waals surface area contributed by atoms with Crippen LogP contribution in [-0.2, 0) is 34.3 Å². The third-order valence-corrected chi connectivity index (χ3v) is 9.84. The predicted molar refractivity (Wildman–Crippen MR) is 198 cm³/mol. The molecule has 0 amide bonds. The van der Waals surface area contributed by atoms with Crippen molar-refractivity contribution >= 4 is 29.0 Å². The molecule has 2 aliphatic heterocycles. The second kappa shape index (κ2) is 16.9. The van der Waals surface area contributed by atoms with E-state index in [9.17, 15) is 15.0 Å². The Kier molecular flexibility index (Phi) is 11.8. The number of anilines is 1. The minimum atomic E-state index is -1.31. The Morgan fingerprint density at radius 3 is 2.33 bits per heavy atom. The number of benzene rings is 5. The summed E-state index contributed by atoms with van der Waals surface area (Å²) in [5, 5.41) is 27.3. The van der Waals surface area contributed by atoms with Gasteiger partial charge in [-0.05, 0) is 66.6 Å². The van der Waals surface area contributed by atoms with Crippen molar-refractivity contribution in [3.8, 4) is 5.75 Å². The number of carbonyl (C=O) groups is 1.